The van der Waals surface area contributed by atoms with E-state index in [0.29, 0.717) is 5.82 Å². The standard InChI is InChI=1S/C14H18N4S/c1-11-5-4-6-12(16-11)14-15-8-7-13(17-14)19-10-9-18(2)3/h4-8H,9-10H2,1-3H3. The van der Waals surface area contributed by atoms with Crippen molar-refractivity contribution in [2.24, 2.45) is 0 Å². The lowest BCUT2D eigenvalue weighted by molar-refractivity contribution is 0.437. The van der Waals surface area contributed by atoms with E-state index in [-0.39, 0.29) is 0 Å². The average Bonchev–Trinajstić information content (AvgIpc) is 2.39. The Kier molecular flexibility index (Phi) is 4.87. The summed E-state index contributed by atoms with van der Waals surface area (Å²) >= 11 is 1.74. The van der Waals surface area contributed by atoms with Gasteiger partial charge in [-0.2, -0.15) is 0 Å². The summed E-state index contributed by atoms with van der Waals surface area (Å²) in [4.78, 5) is 15.5. The van der Waals surface area contributed by atoms with Crippen molar-refractivity contribution in [2.45, 2.75) is 11.9 Å². The van der Waals surface area contributed by atoms with Gasteiger partial charge in [0.25, 0.3) is 0 Å². The van der Waals surface area contributed by atoms with Crippen LogP contribution in [0.5, 0.6) is 0 Å². The van der Waals surface area contributed by atoms with Crippen molar-refractivity contribution in [3.05, 3.63) is 36.2 Å². The molecule has 0 saturated carbocycles. The Morgan fingerprint density at radius 3 is 2.74 bits per heavy atom. The van der Waals surface area contributed by atoms with E-state index in [1.165, 1.54) is 0 Å². The lowest BCUT2D eigenvalue weighted by atomic mass is 10.3. The zero-order chi connectivity index (χ0) is 13.7. The zero-order valence-corrected chi connectivity index (χ0v) is 12.3. The van der Waals surface area contributed by atoms with Crippen LogP contribution in [0.1, 0.15) is 5.69 Å². The number of nitrogens with zero attached hydrogens (tertiary/aromatic N) is 4. The van der Waals surface area contributed by atoms with Crippen molar-refractivity contribution in [1.82, 2.24) is 19.9 Å². The van der Waals surface area contributed by atoms with Gasteiger partial charge in [0.15, 0.2) is 5.82 Å². The number of aryl methyl sites for hydroxylation is 1. The predicted molar refractivity (Wildman–Crippen MR) is 79.3 cm³/mol. The van der Waals surface area contributed by atoms with Gasteiger partial charge in [-0.1, -0.05) is 6.07 Å². The van der Waals surface area contributed by atoms with E-state index >= 15 is 0 Å². The van der Waals surface area contributed by atoms with Crippen LogP contribution in [0, 0.1) is 6.92 Å². The highest BCUT2D eigenvalue weighted by Crippen LogP contribution is 2.18. The molecular weight excluding hydrogens is 256 g/mol. The van der Waals surface area contributed by atoms with E-state index in [1.807, 2.05) is 31.2 Å². The third-order valence-electron chi connectivity index (χ3n) is 2.54. The molecule has 2 aromatic rings. The van der Waals surface area contributed by atoms with E-state index in [9.17, 15) is 0 Å². The second-order valence-electron chi connectivity index (χ2n) is 4.53. The van der Waals surface area contributed by atoms with Gasteiger partial charge in [-0.25, -0.2) is 15.0 Å². The SMILES string of the molecule is Cc1cccc(-c2nccc(SCCN(C)C)n2)n1. The third kappa shape index (κ3) is 4.29. The minimum Gasteiger partial charge on any atom is -0.309 e. The number of hydrogen-bond acceptors (Lipinski definition) is 5. The second-order valence-corrected chi connectivity index (χ2v) is 5.65. The molecule has 5 heteroatoms. The molecule has 19 heavy (non-hydrogen) atoms. The van der Waals surface area contributed by atoms with Gasteiger partial charge in [0.1, 0.15) is 10.7 Å². The molecule has 0 radical (unpaired) electrons. The lowest BCUT2D eigenvalue weighted by Gasteiger charge is -2.08. The van der Waals surface area contributed by atoms with E-state index in [4.69, 9.17) is 0 Å². The maximum atomic E-state index is 4.55. The van der Waals surface area contributed by atoms with Crippen LogP contribution < -0.4 is 0 Å². The number of aromatic nitrogens is 3. The molecule has 0 aliphatic carbocycles. The van der Waals surface area contributed by atoms with Gasteiger partial charge in [0, 0.05) is 24.2 Å². The van der Waals surface area contributed by atoms with E-state index in [1.54, 1.807) is 18.0 Å². The molecule has 2 aromatic heterocycles. The summed E-state index contributed by atoms with van der Waals surface area (Å²) in [6, 6.07) is 7.84. The highest BCUT2D eigenvalue weighted by molar-refractivity contribution is 7.99. The van der Waals surface area contributed by atoms with Crippen molar-refractivity contribution in [1.29, 1.82) is 0 Å². The number of thioether (sulfide) groups is 1. The zero-order valence-electron chi connectivity index (χ0n) is 11.5. The first kappa shape index (κ1) is 14.0. The highest BCUT2D eigenvalue weighted by atomic mass is 32.2. The normalized spacial score (nSPS) is 10.9. The Hall–Kier alpha value is -1.46. The van der Waals surface area contributed by atoms with Gasteiger partial charge in [0.05, 0.1) is 0 Å². The summed E-state index contributed by atoms with van der Waals surface area (Å²) in [6.45, 7) is 3.01. The summed E-state index contributed by atoms with van der Waals surface area (Å²) in [5.74, 6) is 1.71. The molecule has 4 nitrogen and oxygen atoms in total. The average molecular weight is 274 g/mol. The van der Waals surface area contributed by atoms with E-state index in [2.05, 4.69) is 33.9 Å². The molecule has 0 aromatic carbocycles. The molecule has 2 heterocycles. The molecule has 0 saturated heterocycles. The van der Waals surface area contributed by atoms with Crippen LogP contribution in [0.25, 0.3) is 11.5 Å². The van der Waals surface area contributed by atoms with Crippen molar-refractivity contribution in [2.75, 3.05) is 26.4 Å². The summed E-state index contributed by atoms with van der Waals surface area (Å²) in [7, 11) is 4.14. The Balaban J connectivity index is 2.11. The molecule has 0 atom stereocenters. The third-order valence-corrected chi connectivity index (χ3v) is 3.45. The molecule has 0 aliphatic rings. The van der Waals surface area contributed by atoms with Crippen molar-refractivity contribution < 1.29 is 0 Å². The van der Waals surface area contributed by atoms with Crippen LogP contribution in [0.2, 0.25) is 0 Å². The summed E-state index contributed by atoms with van der Waals surface area (Å²) < 4.78 is 0. The van der Waals surface area contributed by atoms with Gasteiger partial charge in [-0.05, 0) is 39.2 Å². The topological polar surface area (TPSA) is 41.9 Å². The van der Waals surface area contributed by atoms with Crippen LogP contribution in [0.15, 0.2) is 35.5 Å². The van der Waals surface area contributed by atoms with Crippen molar-refractivity contribution in [3.8, 4) is 11.5 Å². The molecule has 0 N–H and O–H groups in total. The van der Waals surface area contributed by atoms with Crippen LogP contribution in [0.4, 0.5) is 0 Å². The minimum atomic E-state index is 0.693. The first-order chi connectivity index (χ1) is 9.15. The van der Waals surface area contributed by atoms with Gasteiger partial charge >= 0.3 is 0 Å². The van der Waals surface area contributed by atoms with Crippen molar-refractivity contribution in [3.63, 3.8) is 0 Å². The Morgan fingerprint density at radius 2 is 2.00 bits per heavy atom. The first-order valence-electron chi connectivity index (χ1n) is 6.20. The fourth-order valence-electron chi connectivity index (χ4n) is 1.55. The monoisotopic (exact) mass is 274 g/mol. The van der Waals surface area contributed by atoms with Crippen LogP contribution >= 0.6 is 11.8 Å². The van der Waals surface area contributed by atoms with Crippen LogP contribution in [0.3, 0.4) is 0 Å². The Bertz CT molecular complexity index is 542. The molecule has 0 bridgehead atoms. The number of rotatable bonds is 5. The molecule has 2 rings (SSSR count). The fraction of sp³-hybridized carbons (Fsp3) is 0.357. The van der Waals surface area contributed by atoms with E-state index < -0.39 is 0 Å². The summed E-state index contributed by atoms with van der Waals surface area (Å²) in [5, 5.41) is 0.996. The van der Waals surface area contributed by atoms with Crippen LogP contribution in [-0.4, -0.2) is 46.2 Å². The second kappa shape index (κ2) is 6.63. The first-order valence-corrected chi connectivity index (χ1v) is 7.18. The smallest absolute Gasteiger partial charge is 0.179 e. The van der Waals surface area contributed by atoms with Crippen LogP contribution in [-0.2, 0) is 0 Å². The molecule has 0 amide bonds. The maximum Gasteiger partial charge on any atom is 0.179 e. The van der Waals surface area contributed by atoms with Gasteiger partial charge in [-0.15, -0.1) is 11.8 Å². The van der Waals surface area contributed by atoms with Crippen molar-refractivity contribution >= 4 is 11.8 Å². The predicted octanol–water partition coefficient (Wildman–Crippen LogP) is 2.50. The molecule has 0 fully saturated rings. The lowest BCUT2D eigenvalue weighted by Crippen LogP contribution is -2.14. The largest absolute Gasteiger partial charge is 0.309 e. The van der Waals surface area contributed by atoms with E-state index in [0.717, 1.165) is 28.7 Å². The highest BCUT2D eigenvalue weighted by Gasteiger charge is 2.05. The van der Waals surface area contributed by atoms with Gasteiger partial charge < -0.3 is 4.90 Å². The Morgan fingerprint density at radius 1 is 1.16 bits per heavy atom. The summed E-state index contributed by atoms with van der Waals surface area (Å²) in [5.41, 5.74) is 1.81. The number of pyridine rings is 1. The quantitative estimate of drug-likeness (QED) is 0.619. The maximum absolute atomic E-state index is 4.55. The Labute approximate surface area is 118 Å². The molecule has 0 unspecified atom stereocenters. The van der Waals surface area contributed by atoms with Gasteiger partial charge in [0.2, 0.25) is 0 Å². The molecule has 0 spiro atoms. The number of hydrogen-bond donors (Lipinski definition) is 0. The molecular formula is C14H18N4S. The minimum absolute atomic E-state index is 0.693. The summed E-state index contributed by atoms with van der Waals surface area (Å²) in [6.07, 6.45) is 1.80. The molecule has 0 aliphatic heterocycles. The fourth-order valence-corrected chi connectivity index (χ4v) is 2.52. The molecule has 100 valence electrons. The van der Waals surface area contributed by atoms with Gasteiger partial charge in [-0.3, -0.25) is 0 Å².